The number of fused-ring (bicyclic) bond motifs is 1. The van der Waals surface area contributed by atoms with Gasteiger partial charge in [0.25, 0.3) is 0 Å². The molecule has 3 N–H and O–H groups in total. The van der Waals surface area contributed by atoms with E-state index in [-0.39, 0.29) is 0 Å². The summed E-state index contributed by atoms with van der Waals surface area (Å²) in [4.78, 5) is 10.8. The molecule has 0 amide bonds. The second kappa shape index (κ2) is 5.00. The molecule has 1 aromatic carbocycles. The van der Waals surface area contributed by atoms with Crippen molar-refractivity contribution in [2.75, 3.05) is 22.5 Å². The highest BCUT2D eigenvalue weighted by molar-refractivity contribution is 5.70. The number of benzene rings is 1. The highest BCUT2D eigenvalue weighted by Crippen LogP contribution is 2.37. The highest BCUT2D eigenvalue weighted by Gasteiger charge is 2.28. The third kappa shape index (κ3) is 2.15. The topological polar surface area (TPSA) is 67.1 Å². The number of nitrogens with one attached hydrogen (secondary N) is 1. The summed E-state index contributed by atoms with van der Waals surface area (Å²) in [5, 5.41) is 3.19. The van der Waals surface area contributed by atoms with E-state index in [0.29, 0.717) is 12.0 Å². The largest absolute Gasteiger partial charge is 0.370 e. The van der Waals surface area contributed by atoms with Crippen molar-refractivity contribution < 1.29 is 0 Å². The van der Waals surface area contributed by atoms with Gasteiger partial charge in [0.15, 0.2) is 0 Å². The van der Waals surface area contributed by atoms with Gasteiger partial charge < -0.3 is 16.0 Å². The Kier molecular flexibility index (Phi) is 3.18. The molecule has 1 aliphatic rings. The van der Waals surface area contributed by atoms with Gasteiger partial charge in [-0.2, -0.15) is 9.97 Å². The molecule has 0 saturated heterocycles. The molecule has 5 heteroatoms. The van der Waals surface area contributed by atoms with E-state index in [1.807, 2.05) is 13.0 Å². The van der Waals surface area contributed by atoms with Crippen LogP contribution >= 0.6 is 0 Å². The van der Waals surface area contributed by atoms with Crippen LogP contribution in [0, 0.1) is 0 Å². The molecule has 0 saturated carbocycles. The third-order valence-corrected chi connectivity index (χ3v) is 3.54. The minimum Gasteiger partial charge on any atom is -0.370 e. The van der Waals surface area contributed by atoms with Crippen LogP contribution in [-0.4, -0.2) is 22.6 Å². The predicted molar refractivity (Wildman–Crippen MR) is 82.4 cm³/mol. The van der Waals surface area contributed by atoms with Gasteiger partial charge in [-0.3, -0.25) is 0 Å². The van der Waals surface area contributed by atoms with Gasteiger partial charge in [-0.25, -0.2) is 0 Å². The van der Waals surface area contributed by atoms with E-state index < -0.39 is 0 Å². The van der Waals surface area contributed by atoms with Crippen LogP contribution in [0.5, 0.6) is 0 Å². The second-order valence-electron chi connectivity index (χ2n) is 5.05. The van der Waals surface area contributed by atoms with E-state index in [0.717, 1.165) is 24.6 Å². The van der Waals surface area contributed by atoms with Crippen molar-refractivity contribution >= 4 is 23.3 Å². The van der Waals surface area contributed by atoms with Crippen LogP contribution in [0.25, 0.3) is 0 Å². The summed E-state index contributed by atoms with van der Waals surface area (Å²) >= 11 is 0. The van der Waals surface area contributed by atoms with Gasteiger partial charge in [0.2, 0.25) is 5.95 Å². The van der Waals surface area contributed by atoms with Gasteiger partial charge in [-0.15, -0.1) is 0 Å². The van der Waals surface area contributed by atoms with Crippen LogP contribution in [0.1, 0.15) is 19.4 Å². The molecular formula is C15H19N5. The standard InChI is InChI=1S/C15H19N5/c1-3-17-13-9-14(19-15(16)18-13)20-10(2)8-11-6-4-5-7-12(11)20/h4-7,9-10H,3,8H2,1-2H3,(H3,16,17,18,19). The predicted octanol–water partition coefficient (Wildman–Crippen LogP) is 2.57. The number of hydrogen-bond donors (Lipinski definition) is 2. The molecule has 0 spiro atoms. The lowest BCUT2D eigenvalue weighted by Crippen LogP contribution is -2.25. The molecular weight excluding hydrogens is 250 g/mol. The van der Waals surface area contributed by atoms with Crippen molar-refractivity contribution in [1.82, 2.24) is 9.97 Å². The monoisotopic (exact) mass is 269 g/mol. The molecule has 104 valence electrons. The Morgan fingerprint density at radius 3 is 2.95 bits per heavy atom. The number of anilines is 4. The molecule has 0 bridgehead atoms. The Balaban J connectivity index is 2.04. The Morgan fingerprint density at radius 2 is 2.15 bits per heavy atom. The molecule has 1 atom stereocenters. The fourth-order valence-electron chi connectivity index (χ4n) is 2.76. The van der Waals surface area contributed by atoms with E-state index in [9.17, 15) is 0 Å². The number of nitrogens with zero attached hydrogens (tertiary/aromatic N) is 3. The van der Waals surface area contributed by atoms with Gasteiger partial charge >= 0.3 is 0 Å². The van der Waals surface area contributed by atoms with Gasteiger partial charge in [0.05, 0.1) is 0 Å². The van der Waals surface area contributed by atoms with E-state index in [4.69, 9.17) is 5.73 Å². The lowest BCUT2D eigenvalue weighted by atomic mass is 10.1. The fourth-order valence-corrected chi connectivity index (χ4v) is 2.76. The van der Waals surface area contributed by atoms with Gasteiger partial charge in [-0.05, 0) is 31.9 Å². The zero-order valence-corrected chi connectivity index (χ0v) is 11.8. The Labute approximate surface area is 118 Å². The molecule has 3 rings (SSSR count). The number of nitrogens with two attached hydrogens (primary N) is 1. The number of para-hydroxylation sites is 1. The first-order valence-electron chi connectivity index (χ1n) is 6.94. The lowest BCUT2D eigenvalue weighted by molar-refractivity contribution is 0.750. The van der Waals surface area contributed by atoms with E-state index in [1.165, 1.54) is 11.3 Å². The van der Waals surface area contributed by atoms with E-state index in [1.54, 1.807) is 0 Å². The first kappa shape index (κ1) is 12.7. The summed E-state index contributed by atoms with van der Waals surface area (Å²) in [6, 6.07) is 10.8. The average Bonchev–Trinajstić information content (AvgIpc) is 2.74. The zero-order chi connectivity index (χ0) is 14.1. The normalized spacial score (nSPS) is 17.1. The SMILES string of the molecule is CCNc1cc(N2c3ccccc3CC2C)nc(N)n1. The minimum atomic E-state index is 0.301. The molecule has 5 nitrogen and oxygen atoms in total. The summed E-state index contributed by atoms with van der Waals surface area (Å²) in [6.07, 6.45) is 1.02. The fraction of sp³-hybridized carbons (Fsp3) is 0.333. The minimum absolute atomic E-state index is 0.301. The maximum atomic E-state index is 5.83. The van der Waals surface area contributed by atoms with Crippen LogP contribution < -0.4 is 16.0 Å². The Morgan fingerprint density at radius 1 is 1.35 bits per heavy atom. The van der Waals surface area contributed by atoms with Crippen molar-refractivity contribution in [3.8, 4) is 0 Å². The van der Waals surface area contributed by atoms with Gasteiger partial charge in [0.1, 0.15) is 11.6 Å². The third-order valence-electron chi connectivity index (χ3n) is 3.54. The van der Waals surface area contributed by atoms with E-state index >= 15 is 0 Å². The molecule has 2 heterocycles. The first-order valence-corrected chi connectivity index (χ1v) is 6.94. The molecule has 0 fully saturated rings. The van der Waals surface area contributed by atoms with Crippen LogP contribution in [0.3, 0.4) is 0 Å². The quantitative estimate of drug-likeness (QED) is 0.896. The number of aromatic nitrogens is 2. The van der Waals surface area contributed by atoms with Crippen LogP contribution in [-0.2, 0) is 6.42 Å². The van der Waals surface area contributed by atoms with Crippen molar-refractivity contribution in [2.45, 2.75) is 26.3 Å². The number of hydrogen-bond acceptors (Lipinski definition) is 5. The molecule has 0 radical (unpaired) electrons. The molecule has 0 aliphatic carbocycles. The number of rotatable bonds is 3. The summed E-state index contributed by atoms with van der Waals surface area (Å²) in [5.41, 5.74) is 8.39. The Hall–Kier alpha value is -2.30. The number of nitrogen functional groups attached to an aromatic ring is 1. The summed E-state index contributed by atoms with van der Waals surface area (Å²) < 4.78 is 0. The van der Waals surface area contributed by atoms with Crippen molar-refractivity contribution in [1.29, 1.82) is 0 Å². The highest BCUT2D eigenvalue weighted by atomic mass is 15.3. The van der Waals surface area contributed by atoms with Gasteiger partial charge in [0, 0.05) is 24.3 Å². The summed E-state index contributed by atoms with van der Waals surface area (Å²) in [5.74, 6) is 1.92. The summed E-state index contributed by atoms with van der Waals surface area (Å²) in [7, 11) is 0. The van der Waals surface area contributed by atoms with Crippen LogP contribution in [0.2, 0.25) is 0 Å². The second-order valence-corrected chi connectivity index (χ2v) is 5.05. The maximum absolute atomic E-state index is 5.83. The van der Waals surface area contributed by atoms with Crippen LogP contribution in [0.15, 0.2) is 30.3 Å². The molecule has 2 aromatic rings. The molecule has 1 aromatic heterocycles. The lowest BCUT2D eigenvalue weighted by Gasteiger charge is -2.24. The average molecular weight is 269 g/mol. The smallest absolute Gasteiger partial charge is 0.223 e. The van der Waals surface area contributed by atoms with Crippen LogP contribution in [0.4, 0.5) is 23.3 Å². The summed E-state index contributed by atoms with van der Waals surface area (Å²) in [6.45, 7) is 5.04. The molecule has 20 heavy (non-hydrogen) atoms. The van der Waals surface area contributed by atoms with Crippen molar-refractivity contribution in [3.63, 3.8) is 0 Å². The van der Waals surface area contributed by atoms with Gasteiger partial charge in [-0.1, -0.05) is 18.2 Å². The van der Waals surface area contributed by atoms with Crippen molar-refractivity contribution in [2.24, 2.45) is 0 Å². The molecule has 1 unspecified atom stereocenters. The zero-order valence-electron chi connectivity index (χ0n) is 11.8. The maximum Gasteiger partial charge on any atom is 0.223 e. The Bertz CT molecular complexity index is 625. The van der Waals surface area contributed by atoms with Crippen molar-refractivity contribution in [3.05, 3.63) is 35.9 Å². The first-order chi connectivity index (χ1) is 9.69. The van der Waals surface area contributed by atoms with E-state index in [2.05, 4.69) is 51.4 Å². The molecule has 1 aliphatic heterocycles.